The zero-order valence-electron chi connectivity index (χ0n) is 19.7. The topological polar surface area (TPSA) is 102 Å². The molecule has 1 saturated carbocycles. The van der Waals surface area contributed by atoms with Crippen LogP contribution in [0, 0.1) is 27.9 Å². The summed E-state index contributed by atoms with van der Waals surface area (Å²) in [5.74, 6) is 0.0110. The molecule has 3 atom stereocenters. The zero-order chi connectivity index (χ0) is 24.2. The first-order valence-corrected chi connectivity index (χ1v) is 12.0. The number of carbonyl (C=O) groups is 2. The fraction of sp³-hybridized carbons (Fsp3) is 0.462. The maximum absolute atomic E-state index is 13.0. The first-order chi connectivity index (χ1) is 16.4. The summed E-state index contributed by atoms with van der Waals surface area (Å²) in [4.78, 5) is 38.4. The number of rotatable bonds is 9. The highest BCUT2D eigenvalue weighted by Gasteiger charge is 2.50. The van der Waals surface area contributed by atoms with Gasteiger partial charge in [0.2, 0.25) is 11.8 Å². The minimum absolute atomic E-state index is 0.193. The fourth-order valence-electron chi connectivity index (χ4n) is 4.89. The Hall–Kier alpha value is -3.42. The van der Waals surface area contributed by atoms with E-state index < -0.39 is 4.92 Å². The fourth-order valence-corrected chi connectivity index (χ4v) is 4.89. The summed E-state index contributed by atoms with van der Waals surface area (Å²) >= 11 is 0. The second-order valence-corrected chi connectivity index (χ2v) is 9.31. The monoisotopic (exact) mass is 465 g/mol. The molecular formula is C26H31N3O5. The number of benzene rings is 2. The van der Waals surface area contributed by atoms with Gasteiger partial charge in [0.1, 0.15) is 11.4 Å². The number of nitrogens with one attached hydrogen (secondary N) is 1. The Morgan fingerprint density at radius 3 is 2.50 bits per heavy atom. The molecule has 0 aromatic heterocycles. The molecule has 1 heterocycles. The van der Waals surface area contributed by atoms with Crippen LogP contribution in [0.1, 0.15) is 52.4 Å². The predicted molar refractivity (Wildman–Crippen MR) is 130 cm³/mol. The number of anilines is 3. The molecule has 34 heavy (non-hydrogen) atoms. The van der Waals surface area contributed by atoms with Gasteiger partial charge in [-0.25, -0.2) is 4.90 Å². The molecule has 4 rings (SSSR count). The van der Waals surface area contributed by atoms with Gasteiger partial charge in [-0.15, -0.1) is 0 Å². The van der Waals surface area contributed by atoms with Gasteiger partial charge in [0.05, 0.1) is 29.1 Å². The first-order valence-electron chi connectivity index (χ1n) is 12.0. The average Bonchev–Trinajstić information content (AvgIpc) is 3.07. The Bertz CT molecular complexity index is 1070. The molecule has 2 fully saturated rings. The number of nitro benzene ring substituents is 1. The first kappa shape index (κ1) is 23.7. The Balaban J connectivity index is 1.51. The van der Waals surface area contributed by atoms with Gasteiger partial charge in [0, 0.05) is 11.8 Å². The molecular weight excluding hydrogens is 434 g/mol. The highest BCUT2D eigenvalue weighted by molar-refractivity contribution is 6.22. The van der Waals surface area contributed by atoms with Crippen LogP contribution >= 0.6 is 0 Å². The third-order valence-electron chi connectivity index (χ3n) is 6.77. The van der Waals surface area contributed by atoms with Crippen molar-refractivity contribution in [2.24, 2.45) is 17.8 Å². The van der Waals surface area contributed by atoms with Crippen LogP contribution < -0.4 is 15.0 Å². The van der Waals surface area contributed by atoms with Crippen LogP contribution in [0.5, 0.6) is 5.75 Å². The molecule has 2 aromatic carbocycles. The molecule has 0 bridgehead atoms. The molecule has 1 aliphatic carbocycles. The second-order valence-electron chi connectivity index (χ2n) is 9.31. The van der Waals surface area contributed by atoms with E-state index in [1.807, 2.05) is 12.1 Å². The van der Waals surface area contributed by atoms with Gasteiger partial charge in [-0.3, -0.25) is 19.7 Å². The van der Waals surface area contributed by atoms with Crippen molar-refractivity contribution in [2.45, 2.75) is 52.4 Å². The van der Waals surface area contributed by atoms with Crippen molar-refractivity contribution in [1.82, 2.24) is 0 Å². The maximum atomic E-state index is 13.0. The summed E-state index contributed by atoms with van der Waals surface area (Å²) in [5.41, 5.74) is 1.02. The van der Waals surface area contributed by atoms with Crippen LogP contribution in [0.3, 0.4) is 0 Å². The largest absolute Gasteiger partial charge is 0.494 e. The lowest BCUT2D eigenvalue weighted by molar-refractivity contribution is -0.383. The molecule has 2 aliphatic rings. The van der Waals surface area contributed by atoms with Crippen LogP contribution in [-0.2, 0) is 9.59 Å². The lowest BCUT2D eigenvalue weighted by atomic mass is 9.76. The molecule has 0 unspecified atom stereocenters. The van der Waals surface area contributed by atoms with Crippen molar-refractivity contribution in [3.8, 4) is 5.75 Å². The molecule has 1 N–H and O–H groups in total. The number of nitro groups is 1. The Morgan fingerprint density at radius 2 is 1.79 bits per heavy atom. The number of nitrogens with zero attached hydrogens (tertiary/aromatic N) is 2. The summed E-state index contributed by atoms with van der Waals surface area (Å²) in [6.07, 6.45) is 5.54. The van der Waals surface area contributed by atoms with Gasteiger partial charge in [0.15, 0.2) is 0 Å². The van der Waals surface area contributed by atoms with E-state index in [0.717, 1.165) is 36.3 Å². The summed E-state index contributed by atoms with van der Waals surface area (Å²) in [5, 5.41) is 14.9. The van der Waals surface area contributed by atoms with Crippen LogP contribution in [-0.4, -0.2) is 23.3 Å². The van der Waals surface area contributed by atoms with Crippen molar-refractivity contribution < 1.29 is 19.2 Å². The van der Waals surface area contributed by atoms with Crippen molar-refractivity contribution in [3.63, 3.8) is 0 Å². The van der Waals surface area contributed by atoms with E-state index in [0.29, 0.717) is 31.1 Å². The van der Waals surface area contributed by atoms with E-state index in [-0.39, 0.29) is 40.7 Å². The number of unbranched alkanes of at least 4 members (excludes halogenated alkanes) is 2. The van der Waals surface area contributed by atoms with Crippen LogP contribution in [0.2, 0.25) is 0 Å². The Morgan fingerprint density at radius 1 is 1.06 bits per heavy atom. The lowest BCUT2D eigenvalue weighted by Crippen LogP contribution is -2.30. The number of imide groups is 1. The number of hydrogen-bond donors (Lipinski definition) is 1. The average molecular weight is 466 g/mol. The highest BCUT2D eigenvalue weighted by Crippen LogP contribution is 2.43. The van der Waals surface area contributed by atoms with E-state index >= 15 is 0 Å². The minimum Gasteiger partial charge on any atom is -0.494 e. The molecule has 2 amide bonds. The number of hydrogen-bond acceptors (Lipinski definition) is 6. The molecule has 8 nitrogen and oxygen atoms in total. The van der Waals surface area contributed by atoms with E-state index in [1.165, 1.54) is 6.07 Å². The molecule has 0 radical (unpaired) electrons. The molecule has 2 aromatic rings. The Labute approximate surface area is 199 Å². The summed E-state index contributed by atoms with van der Waals surface area (Å²) in [6, 6.07) is 11.7. The zero-order valence-corrected chi connectivity index (χ0v) is 19.7. The van der Waals surface area contributed by atoms with Crippen molar-refractivity contribution >= 4 is 34.6 Å². The minimum atomic E-state index is -0.503. The van der Waals surface area contributed by atoms with Gasteiger partial charge in [-0.1, -0.05) is 26.7 Å². The summed E-state index contributed by atoms with van der Waals surface area (Å²) in [7, 11) is 0. The predicted octanol–water partition coefficient (Wildman–Crippen LogP) is 5.83. The normalized spacial score (nSPS) is 21.9. The Kier molecular flexibility index (Phi) is 7.14. The third-order valence-corrected chi connectivity index (χ3v) is 6.77. The van der Waals surface area contributed by atoms with Gasteiger partial charge >= 0.3 is 0 Å². The smallest absolute Gasteiger partial charge is 0.294 e. The molecule has 1 aliphatic heterocycles. The van der Waals surface area contributed by atoms with E-state index in [1.54, 1.807) is 24.3 Å². The van der Waals surface area contributed by atoms with Crippen molar-refractivity contribution in [1.29, 1.82) is 0 Å². The van der Waals surface area contributed by atoms with Gasteiger partial charge in [-0.2, -0.15) is 0 Å². The molecule has 180 valence electrons. The third kappa shape index (κ3) is 4.90. The number of carbonyl (C=O) groups excluding carboxylic acids is 2. The van der Waals surface area contributed by atoms with Crippen molar-refractivity contribution in [3.05, 3.63) is 52.6 Å². The lowest BCUT2D eigenvalue weighted by Gasteiger charge is -2.25. The van der Waals surface area contributed by atoms with Gasteiger partial charge in [0.25, 0.3) is 5.69 Å². The number of ether oxygens (including phenoxy) is 1. The highest BCUT2D eigenvalue weighted by atomic mass is 16.6. The molecule has 0 spiro atoms. The maximum Gasteiger partial charge on any atom is 0.294 e. The van der Waals surface area contributed by atoms with Gasteiger partial charge < -0.3 is 10.1 Å². The molecule has 1 saturated heterocycles. The summed E-state index contributed by atoms with van der Waals surface area (Å²) in [6.45, 7) is 4.88. The van der Waals surface area contributed by atoms with E-state index in [4.69, 9.17) is 4.74 Å². The van der Waals surface area contributed by atoms with E-state index in [9.17, 15) is 19.7 Å². The van der Waals surface area contributed by atoms with Crippen LogP contribution in [0.15, 0.2) is 42.5 Å². The number of amides is 2. The van der Waals surface area contributed by atoms with Crippen molar-refractivity contribution in [2.75, 3.05) is 16.8 Å². The second kappa shape index (κ2) is 10.2. The van der Waals surface area contributed by atoms with E-state index in [2.05, 4.69) is 19.2 Å². The SMILES string of the molecule is CCCCCOc1ccc(Nc2ccc(N3C(=O)[C@H]4C[C@H](C)CC[C@H]4C3=O)cc2[N+](=O)[O-])cc1. The van der Waals surface area contributed by atoms with Crippen LogP contribution in [0.25, 0.3) is 0 Å². The van der Waals surface area contributed by atoms with Gasteiger partial charge in [-0.05, 0) is 68.0 Å². The quantitative estimate of drug-likeness (QED) is 0.216. The number of fused-ring (bicyclic) bond motifs is 1. The van der Waals surface area contributed by atoms with Crippen LogP contribution in [0.4, 0.5) is 22.7 Å². The summed E-state index contributed by atoms with van der Waals surface area (Å²) < 4.78 is 5.71. The molecule has 8 heteroatoms. The standard InChI is InChI=1S/C26H31N3O5/c1-3-4-5-14-34-20-10-7-18(8-11-20)27-23-13-9-19(16-24(23)29(32)33)28-25(30)21-12-6-17(2)15-22(21)26(28)31/h7-11,13,16-17,21-22,27H,3-6,12,14-15H2,1-2H3/t17-,21-,22+/m1/s1.